The average molecular weight is 488 g/mol. The maximum atomic E-state index is 10.7. The van der Waals surface area contributed by atoms with Gasteiger partial charge in [0, 0.05) is 16.3 Å². The molecule has 2 nitrogen and oxygen atoms in total. The quantitative estimate of drug-likeness (QED) is 0.257. The van der Waals surface area contributed by atoms with Crippen molar-refractivity contribution in [3.05, 3.63) is 112 Å². The van der Waals surface area contributed by atoms with Crippen molar-refractivity contribution in [1.29, 1.82) is 0 Å². The molecule has 34 heavy (non-hydrogen) atoms. The second-order valence-electron chi connectivity index (χ2n) is 8.46. The number of hydrogen-bond acceptors (Lipinski definition) is 3. The summed E-state index contributed by atoms with van der Waals surface area (Å²) in [6, 6.07) is 26.9. The van der Waals surface area contributed by atoms with Crippen molar-refractivity contribution in [3.63, 3.8) is 0 Å². The summed E-state index contributed by atoms with van der Waals surface area (Å²) < 4.78 is 0. The number of benzene rings is 3. The summed E-state index contributed by atoms with van der Waals surface area (Å²) in [5.41, 5.74) is 6.46. The molecule has 0 spiro atoms. The molecule has 0 fully saturated rings. The first kappa shape index (κ1) is 24.5. The fourth-order valence-electron chi connectivity index (χ4n) is 4.35. The van der Waals surface area contributed by atoms with E-state index in [4.69, 9.17) is 16.6 Å². The molecule has 2 atom stereocenters. The van der Waals surface area contributed by atoms with Gasteiger partial charge in [-0.25, -0.2) is 4.98 Å². The highest BCUT2D eigenvalue weighted by Crippen LogP contribution is 2.35. The molecule has 1 aromatic heterocycles. The molecule has 0 saturated heterocycles. The van der Waals surface area contributed by atoms with Crippen LogP contribution >= 0.6 is 23.4 Å². The van der Waals surface area contributed by atoms with Gasteiger partial charge in [-0.05, 0) is 71.4 Å². The second kappa shape index (κ2) is 11.7. The van der Waals surface area contributed by atoms with Gasteiger partial charge in [0.1, 0.15) is 0 Å². The molecule has 3 aromatic carbocycles. The summed E-state index contributed by atoms with van der Waals surface area (Å²) in [6.45, 7) is 2.03. The molecule has 0 aliphatic carbocycles. The Kier molecular flexibility index (Phi) is 8.44. The van der Waals surface area contributed by atoms with Crippen LogP contribution in [-0.2, 0) is 0 Å². The maximum absolute atomic E-state index is 10.7. The lowest BCUT2D eigenvalue weighted by molar-refractivity contribution is 0.172. The van der Waals surface area contributed by atoms with E-state index in [0.29, 0.717) is 11.4 Å². The van der Waals surface area contributed by atoms with E-state index in [2.05, 4.69) is 60.9 Å². The van der Waals surface area contributed by atoms with E-state index in [1.54, 1.807) is 0 Å². The lowest BCUT2D eigenvalue weighted by Crippen LogP contribution is -2.09. The van der Waals surface area contributed by atoms with Crippen LogP contribution in [0.25, 0.3) is 23.1 Å². The van der Waals surface area contributed by atoms with Gasteiger partial charge in [-0.15, -0.1) is 0 Å². The van der Waals surface area contributed by atoms with Crippen LogP contribution in [0.15, 0.2) is 78.9 Å². The number of pyridine rings is 1. The number of aromatic nitrogens is 1. The second-order valence-corrected chi connectivity index (χ2v) is 9.89. The van der Waals surface area contributed by atoms with Crippen molar-refractivity contribution >= 4 is 46.4 Å². The van der Waals surface area contributed by atoms with E-state index in [1.165, 1.54) is 11.1 Å². The van der Waals surface area contributed by atoms with Crippen LogP contribution in [0.2, 0.25) is 5.02 Å². The van der Waals surface area contributed by atoms with Gasteiger partial charge in [0.2, 0.25) is 0 Å². The number of hydrogen-bond donors (Lipinski definition) is 1. The number of thioether (sulfide) groups is 1. The minimum Gasteiger partial charge on any atom is -0.388 e. The highest BCUT2D eigenvalue weighted by atomic mass is 35.5. The van der Waals surface area contributed by atoms with Gasteiger partial charge in [0.05, 0.1) is 17.3 Å². The van der Waals surface area contributed by atoms with Gasteiger partial charge in [-0.2, -0.15) is 11.8 Å². The zero-order valence-electron chi connectivity index (χ0n) is 19.6. The topological polar surface area (TPSA) is 33.1 Å². The number of rotatable bonds is 9. The fraction of sp³-hybridized carbons (Fsp3) is 0.233. The van der Waals surface area contributed by atoms with E-state index in [9.17, 15) is 5.11 Å². The summed E-state index contributed by atoms with van der Waals surface area (Å²) in [4.78, 5) is 4.74. The first-order chi connectivity index (χ1) is 16.6. The third-order valence-corrected chi connectivity index (χ3v) is 7.04. The summed E-state index contributed by atoms with van der Waals surface area (Å²) in [6.07, 6.45) is 7.59. The molecule has 4 heteroatoms. The van der Waals surface area contributed by atoms with Crippen molar-refractivity contribution in [2.75, 3.05) is 12.0 Å². The third kappa shape index (κ3) is 5.90. The average Bonchev–Trinajstić information content (AvgIpc) is 2.87. The molecule has 0 aliphatic rings. The molecule has 0 saturated carbocycles. The Morgan fingerprint density at radius 1 is 0.941 bits per heavy atom. The molecule has 2 unspecified atom stereocenters. The minimum atomic E-state index is -0.441. The van der Waals surface area contributed by atoms with Crippen LogP contribution in [0.4, 0.5) is 0 Å². The Hall–Kier alpha value is -2.59. The Morgan fingerprint density at radius 2 is 1.74 bits per heavy atom. The molecule has 0 radical (unpaired) electrons. The molecule has 1 heterocycles. The Bertz CT molecular complexity index is 1290. The number of halogens is 1. The molecule has 0 amide bonds. The number of aliphatic hydroxyl groups excluding tert-OH is 1. The normalized spacial score (nSPS) is 13.4. The fourth-order valence-corrected chi connectivity index (χ4v) is 4.99. The van der Waals surface area contributed by atoms with E-state index in [0.717, 1.165) is 39.9 Å². The van der Waals surface area contributed by atoms with E-state index in [-0.39, 0.29) is 5.92 Å². The van der Waals surface area contributed by atoms with Gasteiger partial charge in [-0.3, -0.25) is 0 Å². The number of aliphatic hydroxyl groups is 1. The Labute approximate surface area is 211 Å². The van der Waals surface area contributed by atoms with Crippen LogP contribution in [0.1, 0.15) is 59.7 Å². The largest absolute Gasteiger partial charge is 0.388 e. The van der Waals surface area contributed by atoms with Gasteiger partial charge < -0.3 is 5.11 Å². The third-order valence-electron chi connectivity index (χ3n) is 6.16. The van der Waals surface area contributed by atoms with Crippen LogP contribution in [0, 0.1) is 0 Å². The van der Waals surface area contributed by atoms with Crippen LogP contribution in [0.3, 0.4) is 0 Å². The predicted molar refractivity (Wildman–Crippen MR) is 149 cm³/mol. The number of nitrogens with zero attached hydrogens (tertiary/aromatic N) is 1. The molecule has 4 aromatic rings. The van der Waals surface area contributed by atoms with Crippen LogP contribution in [0.5, 0.6) is 0 Å². The van der Waals surface area contributed by atoms with Gasteiger partial charge in [-0.1, -0.05) is 85.3 Å². The van der Waals surface area contributed by atoms with Crippen molar-refractivity contribution < 1.29 is 5.11 Å². The standard InChI is InChI=1S/C30H30ClNOS/c1-3-30(33)28-10-5-4-9-27(28)26(17-18-34-2)23-8-6-7-21(19-23)11-15-25-16-13-22-12-14-24(31)20-29(22)32-25/h4-16,19-20,26,30,33H,3,17-18H2,1-2H3/b15-11+. The van der Waals surface area contributed by atoms with E-state index in [1.807, 2.05) is 55.1 Å². The van der Waals surface area contributed by atoms with Crippen LogP contribution in [-0.4, -0.2) is 22.1 Å². The molecule has 0 aliphatic heterocycles. The van der Waals surface area contributed by atoms with Crippen LogP contribution < -0.4 is 0 Å². The summed E-state index contributed by atoms with van der Waals surface area (Å²) in [5.74, 6) is 1.30. The SMILES string of the molecule is CCC(O)c1ccccc1C(CCSC)c1cccc(/C=C/c2ccc3ccc(Cl)cc3n2)c1. The van der Waals surface area contributed by atoms with Crippen molar-refractivity contribution in [3.8, 4) is 0 Å². The van der Waals surface area contributed by atoms with E-state index < -0.39 is 6.10 Å². The number of fused-ring (bicyclic) bond motifs is 1. The van der Waals surface area contributed by atoms with Crippen molar-refractivity contribution in [1.82, 2.24) is 4.98 Å². The molecule has 174 valence electrons. The molecule has 4 rings (SSSR count). The summed E-state index contributed by atoms with van der Waals surface area (Å²) in [5, 5.41) is 12.4. The monoisotopic (exact) mass is 487 g/mol. The molecular weight excluding hydrogens is 458 g/mol. The highest BCUT2D eigenvalue weighted by molar-refractivity contribution is 7.98. The van der Waals surface area contributed by atoms with Crippen molar-refractivity contribution in [2.24, 2.45) is 0 Å². The smallest absolute Gasteiger partial charge is 0.0790 e. The zero-order valence-corrected chi connectivity index (χ0v) is 21.2. The predicted octanol–water partition coefficient (Wildman–Crippen LogP) is 8.39. The summed E-state index contributed by atoms with van der Waals surface area (Å²) in [7, 11) is 0. The first-order valence-electron chi connectivity index (χ1n) is 11.7. The highest BCUT2D eigenvalue weighted by Gasteiger charge is 2.20. The van der Waals surface area contributed by atoms with Gasteiger partial charge >= 0.3 is 0 Å². The Balaban J connectivity index is 1.65. The molecule has 0 bridgehead atoms. The first-order valence-corrected chi connectivity index (χ1v) is 13.5. The van der Waals surface area contributed by atoms with Crippen molar-refractivity contribution in [2.45, 2.75) is 31.8 Å². The summed E-state index contributed by atoms with van der Waals surface area (Å²) >= 11 is 8.00. The zero-order chi connectivity index (χ0) is 23.9. The molecule has 1 N–H and O–H groups in total. The lowest BCUT2D eigenvalue weighted by Gasteiger charge is -2.23. The van der Waals surface area contributed by atoms with E-state index >= 15 is 0 Å². The van der Waals surface area contributed by atoms with Gasteiger partial charge in [0.25, 0.3) is 0 Å². The lowest BCUT2D eigenvalue weighted by atomic mass is 9.84. The maximum Gasteiger partial charge on any atom is 0.0790 e. The molecular formula is C30H30ClNOS. The van der Waals surface area contributed by atoms with Gasteiger partial charge in [0.15, 0.2) is 0 Å². The Morgan fingerprint density at radius 3 is 2.53 bits per heavy atom. The minimum absolute atomic E-state index is 0.235.